The van der Waals surface area contributed by atoms with Gasteiger partial charge in [0.1, 0.15) is 0 Å². The van der Waals surface area contributed by atoms with E-state index >= 15 is 0 Å². The summed E-state index contributed by atoms with van der Waals surface area (Å²) in [7, 11) is 1.83. The first-order valence-corrected chi connectivity index (χ1v) is 8.49. The van der Waals surface area contributed by atoms with Crippen LogP contribution in [-0.4, -0.2) is 20.7 Å². The number of carbonyl (C=O) groups excluding carboxylic acids is 1. The minimum Gasteiger partial charge on any atom is -0.348 e. The lowest BCUT2D eigenvalue weighted by Crippen LogP contribution is -2.24. The van der Waals surface area contributed by atoms with Gasteiger partial charge in [-0.05, 0) is 23.8 Å². The van der Waals surface area contributed by atoms with E-state index < -0.39 is 0 Å². The molecule has 0 saturated carbocycles. The number of amides is 1. The molecular weight excluding hydrogens is 336 g/mol. The maximum Gasteiger partial charge on any atom is 0.252 e. The summed E-state index contributed by atoms with van der Waals surface area (Å²) >= 11 is 6.00. The van der Waals surface area contributed by atoms with Crippen molar-refractivity contribution in [2.45, 2.75) is 32.7 Å². The van der Waals surface area contributed by atoms with Crippen molar-refractivity contribution in [3.63, 3.8) is 0 Å². The van der Waals surface area contributed by atoms with Gasteiger partial charge >= 0.3 is 0 Å². The molecule has 1 N–H and O–H groups in total. The third-order valence-electron chi connectivity index (χ3n) is 4.06. The Balaban J connectivity index is 1.95. The number of rotatable bonds is 3. The fraction of sp³-hybridized carbons (Fsp3) is 0.316. The van der Waals surface area contributed by atoms with Crippen LogP contribution >= 0.6 is 11.6 Å². The number of pyridine rings is 1. The van der Waals surface area contributed by atoms with Crippen LogP contribution < -0.4 is 5.32 Å². The second kappa shape index (κ2) is 6.48. The molecule has 2 aromatic heterocycles. The number of aryl methyl sites for hydroxylation is 1. The van der Waals surface area contributed by atoms with Gasteiger partial charge in [0.15, 0.2) is 5.65 Å². The zero-order chi connectivity index (χ0) is 18.2. The van der Waals surface area contributed by atoms with E-state index in [9.17, 15) is 4.79 Å². The third-order valence-corrected chi connectivity index (χ3v) is 4.30. The van der Waals surface area contributed by atoms with Gasteiger partial charge in [0.05, 0.1) is 17.1 Å². The molecule has 0 bridgehead atoms. The van der Waals surface area contributed by atoms with E-state index in [2.05, 4.69) is 36.2 Å². The van der Waals surface area contributed by atoms with Crippen molar-refractivity contribution < 1.29 is 4.79 Å². The van der Waals surface area contributed by atoms with Crippen molar-refractivity contribution in [2.75, 3.05) is 0 Å². The number of benzene rings is 1. The molecule has 1 aromatic carbocycles. The number of nitrogens with zero attached hydrogens (tertiary/aromatic N) is 3. The molecule has 0 atom stereocenters. The molecule has 5 nitrogen and oxygen atoms in total. The second-order valence-electron chi connectivity index (χ2n) is 7.12. The van der Waals surface area contributed by atoms with Gasteiger partial charge in [-0.25, -0.2) is 4.98 Å². The number of hydrogen-bond acceptors (Lipinski definition) is 3. The summed E-state index contributed by atoms with van der Waals surface area (Å²) in [6.07, 6.45) is 1.68. The Kier molecular flexibility index (Phi) is 4.52. The molecule has 0 unspecified atom stereocenters. The molecule has 25 heavy (non-hydrogen) atoms. The van der Waals surface area contributed by atoms with Gasteiger partial charge < -0.3 is 5.32 Å². The van der Waals surface area contributed by atoms with Gasteiger partial charge in [0.2, 0.25) is 0 Å². The van der Waals surface area contributed by atoms with Crippen LogP contribution in [0.25, 0.3) is 11.0 Å². The monoisotopic (exact) mass is 356 g/mol. The van der Waals surface area contributed by atoms with Crippen LogP contribution in [0.5, 0.6) is 0 Å². The average molecular weight is 357 g/mol. The Labute approximate surface area is 152 Å². The zero-order valence-corrected chi connectivity index (χ0v) is 15.6. The number of nitrogens with one attached hydrogen (secondary N) is 1. The van der Waals surface area contributed by atoms with Crippen LogP contribution in [0.2, 0.25) is 5.02 Å². The summed E-state index contributed by atoms with van der Waals surface area (Å²) in [5, 5.41) is 8.61. The highest BCUT2D eigenvalue weighted by atomic mass is 35.5. The molecule has 130 valence electrons. The smallest absolute Gasteiger partial charge is 0.252 e. The summed E-state index contributed by atoms with van der Waals surface area (Å²) in [6, 6.07) is 9.31. The standard InChI is InChI=1S/C19H21ClN4O/c1-19(2,3)16-9-14(15-11-22-24(4)17(15)23-16)18(25)21-10-12-6-5-7-13(20)8-12/h5-9,11H,10H2,1-4H3,(H,21,25). The van der Waals surface area contributed by atoms with Crippen molar-refractivity contribution in [3.05, 3.63) is 58.4 Å². The topological polar surface area (TPSA) is 59.8 Å². The Morgan fingerprint density at radius 3 is 2.72 bits per heavy atom. The normalized spacial score (nSPS) is 11.7. The van der Waals surface area contributed by atoms with Gasteiger partial charge in [0.25, 0.3) is 5.91 Å². The van der Waals surface area contributed by atoms with Crippen molar-refractivity contribution in [1.29, 1.82) is 0 Å². The second-order valence-corrected chi connectivity index (χ2v) is 7.56. The zero-order valence-electron chi connectivity index (χ0n) is 14.8. The van der Waals surface area contributed by atoms with E-state index in [4.69, 9.17) is 11.6 Å². The molecule has 1 amide bonds. The summed E-state index contributed by atoms with van der Waals surface area (Å²) < 4.78 is 1.69. The van der Waals surface area contributed by atoms with Crippen molar-refractivity contribution >= 4 is 28.5 Å². The lowest BCUT2D eigenvalue weighted by Gasteiger charge is -2.19. The first-order chi connectivity index (χ1) is 11.8. The summed E-state index contributed by atoms with van der Waals surface area (Å²) in [5.74, 6) is -0.147. The molecular formula is C19H21ClN4O. The maximum atomic E-state index is 12.8. The van der Waals surface area contributed by atoms with Crippen molar-refractivity contribution in [2.24, 2.45) is 7.05 Å². The van der Waals surface area contributed by atoms with Crippen LogP contribution in [-0.2, 0) is 19.0 Å². The predicted octanol–water partition coefficient (Wildman–Crippen LogP) is 3.85. The summed E-state index contributed by atoms with van der Waals surface area (Å²) in [4.78, 5) is 17.5. The van der Waals surface area contributed by atoms with E-state index in [-0.39, 0.29) is 11.3 Å². The number of hydrogen-bond donors (Lipinski definition) is 1. The molecule has 2 heterocycles. The Hall–Kier alpha value is -2.40. The highest BCUT2D eigenvalue weighted by Gasteiger charge is 2.22. The molecule has 0 aliphatic rings. The molecule has 0 radical (unpaired) electrons. The molecule has 0 saturated heterocycles. The highest BCUT2D eigenvalue weighted by Crippen LogP contribution is 2.26. The maximum absolute atomic E-state index is 12.8. The lowest BCUT2D eigenvalue weighted by atomic mass is 9.90. The number of fused-ring (bicyclic) bond motifs is 1. The Morgan fingerprint density at radius 1 is 1.28 bits per heavy atom. The predicted molar refractivity (Wildman–Crippen MR) is 99.8 cm³/mol. The van der Waals surface area contributed by atoms with E-state index in [1.54, 1.807) is 10.9 Å². The number of aromatic nitrogens is 3. The highest BCUT2D eigenvalue weighted by molar-refractivity contribution is 6.30. The lowest BCUT2D eigenvalue weighted by molar-refractivity contribution is 0.0952. The van der Waals surface area contributed by atoms with Gasteiger partial charge in [-0.3, -0.25) is 9.48 Å². The SMILES string of the molecule is Cn1ncc2c(C(=O)NCc3cccc(Cl)c3)cc(C(C)(C)C)nc21. The van der Waals surface area contributed by atoms with Gasteiger partial charge in [-0.15, -0.1) is 0 Å². The van der Waals surface area contributed by atoms with E-state index in [1.165, 1.54) is 0 Å². The summed E-state index contributed by atoms with van der Waals surface area (Å²) in [5.41, 5.74) is 2.94. The number of halogens is 1. The first kappa shape index (κ1) is 17.4. The Bertz CT molecular complexity index is 940. The van der Waals surface area contributed by atoms with Crippen LogP contribution in [0.15, 0.2) is 36.5 Å². The molecule has 6 heteroatoms. The van der Waals surface area contributed by atoms with Gasteiger partial charge in [0, 0.05) is 29.7 Å². The van der Waals surface area contributed by atoms with E-state index in [0.29, 0.717) is 22.8 Å². The third kappa shape index (κ3) is 3.66. The minimum absolute atomic E-state index is 0.147. The molecule has 0 aliphatic carbocycles. The van der Waals surface area contributed by atoms with Crippen LogP contribution in [0, 0.1) is 0 Å². The Morgan fingerprint density at radius 2 is 2.04 bits per heavy atom. The quantitative estimate of drug-likeness (QED) is 0.775. The molecule has 3 aromatic rings. The molecule has 0 aliphatic heterocycles. The fourth-order valence-corrected chi connectivity index (χ4v) is 2.82. The van der Waals surface area contributed by atoms with Gasteiger partial charge in [-0.2, -0.15) is 5.10 Å². The largest absolute Gasteiger partial charge is 0.348 e. The van der Waals surface area contributed by atoms with Crippen molar-refractivity contribution in [1.82, 2.24) is 20.1 Å². The molecule has 0 fully saturated rings. The van der Waals surface area contributed by atoms with Crippen LogP contribution in [0.4, 0.5) is 0 Å². The molecule has 0 spiro atoms. The van der Waals surface area contributed by atoms with E-state index in [0.717, 1.165) is 16.6 Å². The van der Waals surface area contributed by atoms with Crippen LogP contribution in [0.1, 0.15) is 42.4 Å². The van der Waals surface area contributed by atoms with Gasteiger partial charge in [-0.1, -0.05) is 44.5 Å². The van der Waals surface area contributed by atoms with E-state index in [1.807, 2.05) is 37.4 Å². The fourth-order valence-electron chi connectivity index (χ4n) is 2.61. The molecule has 3 rings (SSSR count). The first-order valence-electron chi connectivity index (χ1n) is 8.11. The number of carbonyl (C=O) groups is 1. The van der Waals surface area contributed by atoms with Crippen molar-refractivity contribution in [3.8, 4) is 0 Å². The average Bonchev–Trinajstić information content (AvgIpc) is 2.92. The minimum atomic E-state index is -0.166. The van der Waals surface area contributed by atoms with Crippen LogP contribution in [0.3, 0.4) is 0 Å². The summed E-state index contributed by atoms with van der Waals surface area (Å²) in [6.45, 7) is 6.63.